The van der Waals surface area contributed by atoms with E-state index >= 15 is 0 Å². The van der Waals surface area contributed by atoms with Gasteiger partial charge in [0, 0.05) is 0 Å². The van der Waals surface area contributed by atoms with Gasteiger partial charge in [-0.15, -0.1) is 12.4 Å². The van der Waals surface area contributed by atoms with E-state index in [4.69, 9.17) is 5.73 Å². The molecule has 0 aliphatic rings. The van der Waals surface area contributed by atoms with Crippen molar-refractivity contribution >= 4 is 24.0 Å². The topological polar surface area (TPSA) is 75.4 Å². The number of anilines is 1. The van der Waals surface area contributed by atoms with Gasteiger partial charge in [-0.05, 0) is 37.5 Å². The maximum absolute atomic E-state index is 12.0. The Morgan fingerprint density at radius 3 is 2.58 bits per heavy atom. The quantitative estimate of drug-likeness (QED) is 0.729. The van der Waals surface area contributed by atoms with Crippen LogP contribution in [0.25, 0.3) is 0 Å². The minimum Gasteiger partial charge on any atom is -0.506 e. The Hall–Kier alpha value is -1.26. The van der Waals surface area contributed by atoms with Crippen LogP contribution in [0.1, 0.15) is 39.2 Å². The largest absolute Gasteiger partial charge is 0.506 e. The highest BCUT2D eigenvalue weighted by molar-refractivity contribution is 5.98. The van der Waals surface area contributed by atoms with Gasteiger partial charge in [-0.2, -0.15) is 0 Å². The zero-order chi connectivity index (χ0) is 13.8. The van der Waals surface area contributed by atoms with Gasteiger partial charge in [-0.3, -0.25) is 4.79 Å². The summed E-state index contributed by atoms with van der Waals surface area (Å²) in [4.78, 5) is 12.0. The van der Waals surface area contributed by atoms with Gasteiger partial charge in [0.2, 0.25) is 5.91 Å². The molecule has 0 aromatic heterocycles. The highest BCUT2D eigenvalue weighted by atomic mass is 35.5. The SMILES string of the molecule is CCCC(C)(N)C(=O)Nc1cc(CC)ccc1O.Cl. The number of nitrogens with one attached hydrogen (secondary N) is 1. The van der Waals surface area contributed by atoms with Gasteiger partial charge >= 0.3 is 0 Å². The molecule has 5 heteroatoms. The molecule has 0 fully saturated rings. The second-order valence-corrected chi connectivity index (χ2v) is 4.83. The van der Waals surface area contributed by atoms with E-state index in [0.29, 0.717) is 12.1 Å². The molecule has 4 nitrogen and oxygen atoms in total. The van der Waals surface area contributed by atoms with Crippen LogP contribution in [-0.4, -0.2) is 16.6 Å². The number of benzene rings is 1. The molecule has 0 heterocycles. The third-order valence-electron chi connectivity index (χ3n) is 3.01. The molecule has 1 rings (SSSR count). The van der Waals surface area contributed by atoms with Gasteiger partial charge in [0.05, 0.1) is 11.2 Å². The van der Waals surface area contributed by atoms with E-state index in [1.165, 1.54) is 0 Å². The van der Waals surface area contributed by atoms with Crippen LogP contribution >= 0.6 is 12.4 Å². The average Bonchev–Trinajstić information content (AvgIpc) is 2.31. The predicted octanol–water partition coefficient (Wildman–Crippen LogP) is 2.83. The van der Waals surface area contributed by atoms with Crippen LogP contribution < -0.4 is 11.1 Å². The van der Waals surface area contributed by atoms with Gasteiger partial charge in [0.1, 0.15) is 5.75 Å². The Morgan fingerprint density at radius 2 is 2.05 bits per heavy atom. The van der Waals surface area contributed by atoms with E-state index in [1.807, 2.05) is 19.9 Å². The van der Waals surface area contributed by atoms with Crippen LogP contribution in [0.5, 0.6) is 5.75 Å². The van der Waals surface area contributed by atoms with Gasteiger partial charge in [-0.25, -0.2) is 0 Å². The van der Waals surface area contributed by atoms with Crippen molar-refractivity contribution in [2.45, 2.75) is 45.6 Å². The minimum absolute atomic E-state index is 0. The van der Waals surface area contributed by atoms with Crippen molar-refractivity contribution in [1.29, 1.82) is 0 Å². The Balaban J connectivity index is 0.00000324. The van der Waals surface area contributed by atoms with E-state index in [0.717, 1.165) is 18.4 Å². The molecule has 108 valence electrons. The third kappa shape index (κ3) is 4.73. The molecular formula is C14H23ClN2O2. The molecule has 0 aliphatic carbocycles. The number of aromatic hydroxyl groups is 1. The summed E-state index contributed by atoms with van der Waals surface area (Å²) in [6, 6.07) is 5.19. The molecule has 0 radical (unpaired) electrons. The van der Waals surface area contributed by atoms with E-state index in [1.54, 1.807) is 19.1 Å². The van der Waals surface area contributed by atoms with Gasteiger partial charge in [-0.1, -0.05) is 26.3 Å². The van der Waals surface area contributed by atoms with Crippen LogP contribution in [0, 0.1) is 0 Å². The number of phenols is 1. The summed E-state index contributed by atoms with van der Waals surface area (Å²) < 4.78 is 0. The van der Waals surface area contributed by atoms with Crippen LogP contribution in [0.4, 0.5) is 5.69 Å². The number of amides is 1. The number of carbonyl (C=O) groups excluding carboxylic acids is 1. The molecule has 4 N–H and O–H groups in total. The van der Waals surface area contributed by atoms with Crippen molar-refractivity contribution in [2.24, 2.45) is 5.73 Å². The fourth-order valence-corrected chi connectivity index (χ4v) is 1.80. The lowest BCUT2D eigenvalue weighted by molar-refractivity contribution is -0.120. The van der Waals surface area contributed by atoms with Crippen molar-refractivity contribution in [3.8, 4) is 5.75 Å². The summed E-state index contributed by atoms with van der Waals surface area (Å²) in [6.45, 7) is 5.70. The van der Waals surface area contributed by atoms with Crippen LogP contribution in [-0.2, 0) is 11.2 Å². The van der Waals surface area contributed by atoms with Crippen molar-refractivity contribution in [2.75, 3.05) is 5.32 Å². The lowest BCUT2D eigenvalue weighted by Gasteiger charge is -2.23. The van der Waals surface area contributed by atoms with Crippen molar-refractivity contribution in [3.05, 3.63) is 23.8 Å². The van der Waals surface area contributed by atoms with Crippen LogP contribution in [0.2, 0.25) is 0 Å². The van der Waals surface area contributed by atoms with Gasteiger partial charge in [0.25, 0.3) is 0 Å². The Morgan fingerprint density at radius 1 is 1.42 bits per heavy atom. The number of hydrogen-bond donors (Lipinski definition) is 3. The maximum Gasteiger partial charge on any atom is 0.244 e. The number of phenolic OH excluding ortho intramolecular Hbond substituents is 1. The van der Waals surface area contributed by atoms with Crippen LogP contribution in [0.15, 0.2) is 18.2 Å². The zero-order valence-electron chi connectivity index (χ0n) is 11.7. The Bertz CT molecular complexity index is 433. The first-order valence-corrected chi connectivity index (χ1v) is 6.33. The van der Waals surface area contributed by atoms with E-state index in [2.05, 4.69) is 5.32 Å². The molecule has 1 unspecified atom stereocenters. The fourth-order valence-electron chi connectivity index (χ4n) is 1.80. The summed E-state index contributed by atoms with van der Waals surface area (Å²) in [5.74, 6) is -0.208. The van der Waals surface area contributed by atoms with Crippen molar-refractivity contribution < 1.29 is 9.90 Å². The predicted molar refractivity (Wildman–Crippen MR) is 80.9 cm³/mol. The summed E-state index contributed by atoms with van der Waals surface area (Å²) in [6.07, 6.45) is 2.28. The molecule has 1 atom stereocenters. The molecule has 0 bridgehead atoms. The number of halogens is 1. The number of nitrogens with two attached hydrogens (primary N) is 1. The van der Waals surface area contributed by atoms with Crippen LogP contribution in [0.3, 0.4) is 0 Å². The first-order chi connectivity index (χ1) is 8.40. The zero-order valence-corrected chi connectivity index (χ0v) is 12.5. The number of hydrogen-bond acceptors (Lipinski definition) is 3. The molecule has 1 amide bonds. The molecular weight excluding hydrogens is 264 g/mol. The molecule has 1 aromatic rings. The molecule has 0 aliphatic heterocycles. The minimum atomic E-state index is -0.913. The van der Waals surface area contributed by atoms with Crippen molar-refractivity contribution in [1.82, 2.24) is 0 Å². The molecule has 1 aromatic carbocycles. The maximum atomic E-state index is 12.0. The smallest absolute Gasteiger partial charge is 0.244 e. The van der Waals surface area contributed by atoms with E-state index < -0.39 is 5.54 Å². The first kappa shape index (κ1) is 17.7. The molecule has 0 spiro atoms. The fraction of sp³-hybridized carbons (Fsp3) is 0.500. The Kier molecular flexibility index (Phi) is 6.87. The summed E-state index contributed by atoms with van der Waals surface area (Å²) in [5, 5.41) is 12.4. The highest BCUT2D eigenvalue weighted by Crippen LogP contribution is 2.25. The normalized spacial score (nSPS) is 13.3. The molecule has 19 heavy (non-hydrogen) atoms. The lowest BCUT2D eigenvalue weighted by atomic mass is 9.96. The van der Waals surface area contributed by atoms with Gasteiger partial charge in [0.15, 0.2) is 0 Å². The second-order valence-electron chi connectivity index (χ2n) is 4.83. The monoisotopic (exact) mass is 286 g/mol. The number of aryl methyl sites for hydroxylation is 1. The third-order valence-corrected chi connectivity index (χ3v) is 3.01. The Labute approximate surface area is 120 Å². The lowest BCUT2D eigenvalue weighted by Crippen LogP contribution is -2.48. The first-order valence-electron chi connectivity index (χ1n) is 6.33. The number of rotatable bonds is 5. The number of carbonyl (C=O) groups is 1. The van der Waals surface area contributed by atoms with E-state index in [-0.39, 0.29) is 24.1 Å². The summed E-state index contributed by atoms with van der Waals surface area (Å²) in [5.41, 5.74) is 6.51. The summed E-state index contributed by atoms with van der Waals surface area (Å²) in [7, 11) is 0. The highest BCUT2D eigenvalue weighted by Gasteiger charge is 2.27. The second kappa shape index (κ2) is 7.36. The summed E-state index contributed by atoms with van der Waals surface area (Å²) >= 11 is 0. The van der Waals surface area contributed by atoms with Crippen molar-refractivity contribution in [3.63, 3.8) is 0 Å². The standard InChI is InChI=1S/C14H22N2O2.ClH/c1-4-8-14(3,15)13(18)16-11-9-10(5-2)6-7-12(11)17;/h6-7,9,17H,4-5,8,15H2,1-3H3,(H,16,18);1H. The van der Waals surface area contributed by atoms with Gasteiger partial charge < -0.3 is 16.2 Å². The van der Waals surface area contributed by atoms with E-state index in [9.17, 15) is 9.90 Å². The molecule has 0 saturated carbocycles. The molecule has 0 saturated heterocycles. The average molecular weight is 287 g/mol.